The minimum absolute atomic E-state index is 0.000636. The van der Waals surface area contributed by atoms with E-state index in [0.717, 1.165) is 22.1 Å². The number of benzene rings is 1. The highest BCUT2D eigenvalue weighted by atomic mass is 79.9. The first-order valence-corrected chi connectivity index (χ1v) is 9.07. The van der Waals surface area contributed by atoms with Crippen LogP contribution >= 0.6 is 27.3 Å². The molecule has 2 heterocycles. The van der Waals surface area contributed by atoms with Gasteiger partial charge in [-0.05, 0) is 40.0 Å². The molecular formula is C13H12BrN3O2S2. The second-order valence-electron chi connectivity index (χ2n) is 4.54. The number of aromatic nitrogens is 1. The number of hydrogen-bond acceptors (Lipinski definition) is 4. The molecule has 1 N–H and O–H groups in total. The van der Waals surface area contributed by atoms with E-state index in [1.165, 1.54) is 11.3 Å². The normalized spacial score (nSPS) is 14.9. The Morgan fingerprint density at radius 3 is 3.00 bits per heavy atom. The third-order valence-electron chi connectivity index (χ3n) is 3.22. The first-order chi connectivity index (χ1) is 10.1. The van der Waals surface area contributed by atoms with Gasteiger partial charge in [0, 0.05) is 35.2 Å². The quantitative estimate of drug-likeness (QED) is 0.883. The van der Waals surface area contributed by atoms with E-state index in [2.05, 4.69) is 25.6 Å². The number of hydrogen-bond donors (Lipinski definition) is 1. The summed E-state index contributed by atoms with van der Waals surface area (Å²) in [6.07, 6.45) is 2.47. The van der Waals surface area contributed by atoms with Crippen molar-refractivity contribution in [3.8, 4) is 0 Å². The third kappa shape index (κ3) is 2.88. The zero-order valence-corrected chi connectivity index (χ0v) is 14.3. The highest BCUT2D eigenvalue weighted by Crippen LogP contribution is 2.35. The summed E-state index contributed by atoms with van der Waals surface area (Å²) in [5.41, 5.74) is 1.93. The molecule has 5 nitrogen and oxygen atoms in total. The van der Waals surface area contributed by atoms with Gasteiger partial charge in [-0.1, -0.05) is 0 Å². The van der Waals surface area contributed by atoms with Gasteiger partial charge >= 0.3 is 0 Å². The summed E-state index contributed by atoms with van der Waals surface area (Å²) in [4.78, 5) is 18.0. The summed E-state index contributed by atoms with van der Waals surface area (Å²) in [5.74, 6) is 0.000636. The van der Waals surface area contributed by atoms with Gasteiger partial charge in [0.2, 0.25) is 5.91 Å². The summed E-state index contributed by atoms with van der Waals surface area (Å²) in [6.45, 7) is 2.22. The van der Waals surface area contributed by atoms with E-state index in [0.29, 0.717) is 16.6 Å². The van der Waals surface area contributed by atoms with Crippen LogP contribution < -0.4 is 9.62 Å². The highest BCUT2D eigenvalue weighted by Gasteiger charge is 2.25. The number of carbonyl (C=O) groups excluding carboxylic acids is 1. The molecule has 1 atom stereocenters. The fraction of sp³-hybridized carbons (Fsp3) is 0.231. The number of nitrogens with zero attached hydrogens (tertiary/aromatic N) is 2. The molecule has 1 aliphatic heterocycles. The van der Waals surface area contributed by atoms with Gasteiger partial charge in [0.15, 0.2) is 16.1 Å². The van der Waals surface area contributed by atoms with Crippen LogP contribution in [0, 0.1) is 0 Å². The lowest BCUT2D eigenvalue weighted by atomic mass is 10.2. The summed E-state index contributed by atoms with van der Waals surface area (Å²) < 4.78 is 16.1. The fourth-order valence-electron chi connectivity index (χ4n) is 2.27. The summed E-state index contributed by atoms with van der Waals surface area (Å²) >= 11 is 4.85. The van der Waals surface area contributed by atoms with Gasteiger partial charge in [0.1, 0.15) is 0 Å². The molecule has 1 aromatic heterocycles. The van der Waals surface area contributed by atoms with Gasteiger partial charge in [0.05, 0.1) is 4.90 Å². The number of thiazole rings is 1. The third-order valence-corrected chi connectivity index (χ3v) is 6.07. The lowest BCUT2D eigenvalue weighted by Gasteiger charge is -2.16. The average molecular weight is 386 g/mol. The van der Waals surface area contributed by atoms with Crippen molar-refractivity contribution in [1.29, 1.82) is 0 Å². The molecule has 0 aliphatic carbocycles. The molecule has 1 aromatic carbocycles. The van der Waals surface area contributed by atoms with E-state index in [1.54, 1.807) is 18.0 Å². The maximum atomic E-state index is 12.4. The van der Waals surface area contributed by atoms with Crippen molar-refractivity contribution in [2.24, 2.45) is 0 Å². The molecule has 21 heavy (non-hydrogen) atoms. The number of halogens is 1. The number of anilines is 2. The van der Waals surface area contributed by atoms with Gasteiger partial charge < -0.3 is 4.90 Å². The Morgan fingerprint density at radius 2 is 2.33 bits per heavy atom. The highest BCUT2D eigenvalue weighted by molar-refractivity contribution is 9.10. The monoisotopic (exact) mass is 385 g/mol. The predicted octanol–water partition coefficient (Wildman–Crippen LogP) is 2.95. The summed E-state index contributed by atoms with van der Waals surface area (Å²) in [5, 5.41) is 2.42. The van der Waals surface area contributed by atoms with Gasteiger partial charge in [-0.15, -0.1) is 11.3 Å². The predicted molar refractivity (Wildman–Crippen MR) is 88.0 cm³/mol. The molecule has 2 aromatic rings. The van der Waals surface area contributed by atoms with E-state index in [9.17, 15) is 9.00 Å². The summed E-state index contributed by atoms with van der Waals surface area (Å²) in [6, 6.07) is 3.75. The topological polar surface area (TPSA) is 62.3 Å². The van der Waals surface area contributed by atoms with Crippen LogP contribution in [0.5, 0.6) is 0 Å². The van der Waals surface area contributed by atoms with E-state index < -0.39 is 11.0 Å². The Kier molecular flexibility index (Phi) is 4.10. The molecule has 0 saturated carbocycles. The van der Waals surface area contributed by atoms with Gasteiger partial charge in [0.25, 0.3) is 0 Å². The lowest BCUT2D eigenvalue weighted by Crippen LogP contribution is -2.25. The van der Waals surface area contributed by atoms with Gasteiger partial charge in [-0.2, -0.15) is 0 Å². The Hall–Kier alpha value is -1.25. The van der Waals surface area contributed by atoms with Gasteiger partial charge in [-0.3, -0.25) is 9.52 Å². The SMILES string of the molecule is CC(=O)N1CCc2cc(Br)c(S(=O)Nc3nccs3)cc21. The summed E-state index contributed by atoms with van der Waals surface area (Å²) in [7, 11) is -1.43. The number of rotatable bonds is 3. The number of fused-ring (bicyclic) bond motifs is 1. The van der Waals surface area contributed by atoms with Gasteiger partial charge in [-0.25, -0.2) is 9.19 Å². The van der Waals surface area contributed by atoms with Crippen LogP contribution in [-0.4, -0.2) is 21.6 Å². The maximum Gasteiger partial charge on any atom is 0.223 e. The van der Waals surface area contributed by atoms with Crippen molar-refractivity contribution < 1.29 is 9.00 Å². The molecule has 0 spiro atoms. The van der Waals surface area contributed by atoms with Crippen LogP contribution in [0.3, 0.4) is 0 Å². The van der Waals surface area contributed by atoms with E-state index in [1.807, 2.05) is 17.5 Å². The van der Waals surface area contributed by atoms with Crippen LogP contribution in [0.1, 0.15) is 12.5 Å². The van der Waals surface area contributed by atoms with E-state index in [4.69, 9.17) is 0 Å². The average Bonchev–Trinajstić information content (AvgIpc) is 3.06. The van der Waals surface area contributed by atoms with Crippen LogP contribution in [0.4, 0.5) is 10.8 Å². The second kappa shape index (κ2) is 5.86. The Labute approximate surface area is 137 Å². The minimum atomic E-state index is -1.43. The number of carbonyl (C=O) groups is 1. The molecule has 1 unspecified atom stereocenters. The van der Waals surface area contributed by atoms with Crippen molar-refractivity contribution in [1.82, 2.24) is 4.98 Å². The Morgan fingerprint density at radius 1 is 1.52 bits per heavy atom. The Bertz CT molecular complexity index is 718. The lowest BCUT2D eigenvalue weighted by molar-refractivity contribution is -0.116. The van der Waals surface area contributed by atoms with Crippen molar-refractivity contribution >= 4 is 55.0 Å². The molecule has 0 radical (unpaired) electrons. The van der Waals surface area contributed by atoms with Crippen molar-refractivity contribution in [3.05, 3.63) is 33.7 Å². The molecule has 1 amide bonds. The second-order valence-corrected chi connectivity index (χ2v) is 7.47. The molecule has 1 aliphatic rings. The molecule has 3 rings (SSSR count). The molecule has 0 bridgehead atoms. The van der Waals surface area contributed by atoms with Crippen LogP contribution in [0.2, 0.25) is 0 Å². The maximum absolute atomic E-state index is 12.4. The fourth-order valence-corrected chi connectivity index (χ4v) is 4.66. The van der Waals surface area contributed by atoms with Crippen molar-refractivity contribution in [3.63, 3.8) is 0 Å². The van der Waals surface area contributed by atoms with Crippen molar-refractivity contribution in [2.75, 3.05) is 16.2 Å². The molecule has 0 saturated heterocycles. The molecule has 110 valence electrons. The Balaban J connectivity index is 1.94. The van der Waals surface area contributed by atoms with Crippen molar-refractivity contribution in [2.45, 2.75) is 18.2 Å². The standard InChI is InChI=1S/C13H12BrN3O2S2/c1-8(18)17-4-2-9-6-10(14)12(7-11(9)17)21(19)16-13-15-3-5-20-13/h3,5-7H,2,4H2,1H3,(H,15,16). The first-order valence-electron chi connectivity index (χ1n) is 6.24. The molecule has 0 fully saturated rings. The first kappa shape index (κ1) is 14.7. The molecular weight excluding hydrogens is 374 g/mol. The zero-order valence-electron chi connectivity index (χ0n) is 11.1. The molecule has 8 heteroatoms. The number of nitrogens with one attached hydrogen (secondary N) is 1. The largest absolute Gasteiger partial charge is 0.312 e. The van der Waals surface area contributed by atoms with Crippen LogP contribution in [0.25, 0.3) is 0 Å². The minimum Gasteiger partial charge on any atom is -0.312 e. The van der Waals surface area contributed by atoms with E-state index >= 15 is 0 Å². The van der Waals surface area contributed by atoms with E-state index in [-0.39, 0.29) is 5.91 Å². The number of amides is 1. The smallest absolute Gasteiger partial charge is 0.223 e. The zero-order chi connectivity index (χ0) is 15.0. The van der Waals surface area contributed by atoms with Crippen LogP contribution in [-0.2, 0) is 22.2 Å². The van der Waals surface area contributed by atoms with Crippen LogP contribution in [0.15, 0.2) is 33.1 Å².